The number of primary amides is 1. The molecular weight excluding hydrogens is 430 g/mol. The second kappa shape index (κ2) is 9.95. The Bertz CT molecular complexity index is 1320. The molecule has 1 aromatic heterocycles. The van der Waals surface area contributed by atoms with Crippen molar-refractivity contribution in [2.24, 2.45) is 5.73 Å². The van der Waals surface area contributed by atoms with Gasteiger partial charge in [-0.3, -0.25) is 4.79 Å². The molecule has 8 heteroatoms. The van der Waals surface area contributed by atoms with E-state index in [-0.39, 0.29) is 16.9 Å². The van der Waals surface area contributed by atoms with E-state index in [4.69, 9.17) is 5.73 Å². The van der Waals surface area contributed by atoms with Gasteiger partial charge in [-0.2, -0.15) is 0 Å². The summed E-state index contributed by atoms with van der Waals surface area (Å²) in [7, 11) is 0. The number of benzene rings is 3. The van der Waals surface area contributed by atoms with Gasteiger partial charge in [-0.25, -0.2) is 13.6 Å². The highest BCUT2D eigenvalue weighted by Gasteiger charge is 2.21. The SMILES string of the molecule is CCc1c(C(=O)O)c2cc(O)ccc2n1Cc1ccccc1.NC(=O)c1ccc(F)c(F)c1. The summed E-state index contributed by atoms with van der Waals surface area (Å²) in [6.07, 6.45) is 0.615. The molecule has 0 atom stereocenters. The molecule has 170 valence electrons. The maximum Gasteiger partial charge on any atom is 0.338 e. The molecule has 0 bridgehead atoms. The molecule has 0 aliphatic carbocycles. The van der Waals surface area contributed by atoms with Crippen molar-refractivity contribution in [3.63, 3.8) is 0 Å². The van der Waals surface area contributed by atoms with E-state index in [9.17, 15) is 28.6 Å². The molecule has 0 spiro atoms. The van der Waals surface area contributed by atoms with Gasteiger partial charge < -0.3 is 20.5 Å². The van der Waals surface area contributed by atoms with Crippen molar-refractivity contribution in [3.8, 4) is 5.75 Å². The fourth-order valence-corrected chi connectivity index (χ4v) is 3.60. The second-order valence-corrected chi connectivity index (χ2v) is 7.25. The molecule has 6 nitrogen and oxygen atoms in total. The lowest BCUT2D eigenvalue weighted by atomic mass is 10.1. The van der Waals surface area contributed by atoms with Gasteiger partial charge in [0.15, 0.2) is 11.6 Å². The molecule has 1 heterocycles. The van der Waals surface area contributed by atoms with Crippen LogP contribution in [0, 0.1) is 11.6 Å². The van der Waals surface area contributed by atoms with Gasteiger partial charge >= 0.3 is 5.97 Å². The second-order valence-electron chi connectivity index (χ2n) is 7.25. The van der Waals surface area contributed by atoms with E-state index in [0.717, 1.165) is 35.0 Å². The fraction of sp³-hybridized carbons (Fsp3) is 0.120. The average molecular weight is 452 g/mol. The minimum atomic E-state index is -1.07. The number of phenols is 1. The first-order chi connectivity index (χ1) is 15.7. The smallest absolute Gasteiger partial charge is 0.338 e. The Hall–Kier alpha value is -4.20. The van der Waals surface area contributed by atoms with Crippen LogP contribution >= 0.6 is 0 Å². The van der Waals surface area contributed by atoms with Crippen molar-refractivity contribution >= 4 is 22.8 Å². The number of amides is 1. The predicted molar refractivity (Wildman–Crippen MR) is 120 cm³/mol. The van der Waals surface area contributed by atoms with Gasteiger partial charge in [0, 0.05) is 28.7 Å². The third-order valence-electron chi connectivity index (χ3n) is 5.09. The lowest BCUT2D eigenvalue weighted by Crippen LogP contribution is -2.11. The molecule has 0 saturated heterocycles. The van der Waals surface area contributed by atoms with Gasteiger partial charge in [0.25, 0.3) is 0 Å². The summed E-state index contributed by atoms with van der Waals surface area (Å²) in [6.45, 7) is 2.56. The first-order valence-corrected chi connectivity index (χ1v) is 10.1. The number of halogens is 2. The quantitative estimate of drug-likeness (QED) is 0.407. The Morgan fingerprint density at radius 2 is 1.67 bits per heavy atom. The molecule has 0 saturated carbocycles. The molecule has 33 heavy (non-hydrogen) atoms. The molecular formula is C25H22F2N2O4. The maximum atomic E-state index is 12.4. The van der Waals surface area contributed by atoms with E-state index in [2.05, 4.69) is 0 Å². The summed E-state index contributed by atoms with van der Waals surface area (Å²) < 4.78 is 26.6. The summed E-state index contributed by atoms with van der Waals surface area (Å²) in [5, 5.41) is 19.9. The van der Waals surface area contributed by atoms with Crippen LogP contribution in [-0.4, -0.2) is 26.7 Å². The van der Waals surface area contributed by atoms with E-state index < -0.39 is 23.5 Å². The standard InChI is InChI=1S/C18H17NO3.C7H5F2NO/c1-2-15-17(18(21)22)14-10-13(20)8-9-16(14)19(15)11-12-6-4-3-5-7-12;8-5-2-1-4(7(10)11)3-6(5)9/h3-10,20H,2,11H2,1H3,(H,21,22);1-3H,(H2,10,11). The molecule has 0 radical (unpaired) electrons. The molecule has 4 aromatic rings. The summed E-state index contributed by atoms with van der Waals surface area (Å²) in [5.41, 5.74) is 7.76. The lowest BCUT2D eigenvalue weighted by molar-refractivity contribution is 0.0697. The van der Waals surface area contributed by atoms with E-state index in [1.165, 1.54) is 6.07 Å². The van der Waals surface area contributed by atoms with Crippen LogP contribution in [0.4, 0.5) is 8.78 Å². The zero-order valence-electron chi connectivity index (χ0n) is 17.8. The minimum absolute atomic E-state index is 0.0381. The molecule has 0 aliphatic heterocycles. The molecule has 0 aliphatic rings. The Kier molecular flexibility index (Phi) is 7.07. The van der Waals surface area contributed by atoms with Crippen molar-refractivity contribution in [2.45, 2.75) is 19.9 Å². The van der Waals surface area contributed by atoms with E-state index in [0.29, 0.717) is 18.4 Å². The van der Waals surface area contributed by atoms with Crippen LogP contribution in [0.5, 0.6) is 5.75 Å². The molecule has 3 aromatic carbocycles. The molecule has 4 N–H and O–H groups in total. The summed E-state index contributed by atoms with van der Waals surface area (Å²) in [5.74, 6) is -3.71. The summed E-state index contributed by atoms with van der Waals surface area (Å²) in [4.78, 5) is 22.1. The number of hydrogen-bond acceptors (Lipinski definition) is 3. The predicted octanol–water partition coefficient (Wildman–Crippen LogP) is 4.72. The molecule has 0 unspecified atom stereocenters. The Labute approximate surface area is 188 Å². The zero-order chi connectivity index (χ0) is 24.1. The first-order valence-electron chi connectivity index (χ1n) is 10.1. The number of carbonyl (C=O) groups excluding carboxylic acids is 1. The number of rotatable bonds is 5. The fourth-order valence-electron chi connectivity index (χ4n) is 3.60. The number of aromatic carboxylic acids is 1. The van der Waals surface area contributed by atoms with E-state index in [1.54, 1.807) is 12.1 Å². The van der Waals surface area contributed by atoms with Gasteiger partial charge in [-0.1, -0.05) is 37.3 Å². The largest absolute Gasteiger partial charge is 0.508 e. The maximum absolute atomic E-state index is 12.4. The number of carbonyl (C=O) groups is 2. The normalized spacial score (nSPS) is 10.5. The van der Waals surface area contributed by atoms with Crippen molar-refractivity contribution < 1.29 is 28.6 Å². The third kappa shape index (κ3) is 5.17. The number of fused-ring (bicyclic) bond motifs is 1. The minimum Gasteiger partial charge on any atom is -0.508 e. The molecule has 1 amide bonds. The van der Waals surface area contributed by atoms with Gasteiger partial charge in [-0.15, -0.1) is 0 Å². The van der Waals surface area contributed by atoms with Crippen LogP contribution in [0.15, 0.2) is 66.7 Å². The number of carboxylic acid groups (broad SMARTS) is 1. The topological polar surface area (TPSA) is 106 Å². The number of aromatic hydroxyl groups is 1. The van der Waals surface area contributed by atoms with Crippen molar-refractivity contribution in [3.05, 3.63) is 101 Å². The van der Waals surface area contributed by atoms with Crippen LogP contribution in [0.3, 0.4) is 0 Å². The Balaban J connectivity index is 0.000000235. The average Bonchev–Trinajstić information content (AvgIpc) is 3.09. The van der Waals surface area contributed by atoms with Crippen molar-refractivity contribution in [1.82, 2.24) is 4.57 Å². The van der Waals surface area contributed by atoms with E-state index >= 15 is 0 Å². The number of carboxylic acids is 1. The van der Waals surface area contributed by atoms with Crippen molar-refractivity contribution in [2.75, 3.05) is 0 Å². The summed E-state index contributed by atoms with van der Waals surface area (Å²) in [6, 6.07) is 17.6. The molecule has 4 rings (SSSR count). The van der Waals surface area contributed by atoms with Crippen LogP contribution in [0.2, 0.25) is 0 Å². The van der Waals surface area contributed by atoms with Gasteiger partial charge in [-0.05, 0) is 48.4 Å². The van der Waals surface area contributed by atoms with Crippen LogP contribution < -0.4 is 5.73 Å². The number of hydrogen-bond donors (Lipinski definition) is 3. The highest BCUT2D eigenvalue weighted by molar-refractivity contribution is 6.05. The Morgan fingerprint density at radius 3 is 2.24 bits per heavy atom. The third-order valence-corrected chi connectivity index (χ3v) is 5.09. The molecule has 0 fully saturated rings. The number of nitrogens with zero attached hydrogens (tertiary/aromatic N) is 1. The first kappa shape index (κ1) is 23.5. The number of nitrogens with two attached hydrogens (primary N) is 1. The number of aromatic nitrogens is 1. The van der Waals surface area contributed by atoms with E-state index in [1.807, 2.05) is 41.8 Å². The van der Waals surface area contributed by atoms with Crippen LogP contribution in [0.25, 0.3) is 10.9 Å². The monoisotopic (exact) mass is 452 g/mol. The van der Waals surface area contributed by atoms with Gasteiger partial charge in [0.05, 0.1) is 5.56 Å². The Morgan fingerprint density at radius 1 is 0.970 bits per heavy atom. The van der Waals surface area contributed by atoms with Crippen LogP contribution in [-0.2, 0) is 13.0 Å². The summed E-state index contributed by atoms with van der Waals surface area (Å²) >= 11 is 0. The van der Waals surface area contributed by atoms with Gasteiger partial charge in [0.2, 0.25) is 5.91 Å². The van der Waals surface area contributed by atoms with Crippen LogP contribution in [0.1, 0.15) is 38.9 Å². The highest BCUT2D eigenvalue weighted by atomic mass is 19.2. The van der Waals surface area contributed by atoms with Crippen molar-refractivity contribution in [1.29, 1.82) is 0 Å². The number of phenolic OH excluding ortho intramolecular Hbond substituents is 1. The lowest BCUT2D eigenvalue weighted by Gasteiger charge is -2.10. The highest BCUT2D eigenvalue weighted by Crippen LogP contribution is 2.30. The van der Waals surface area contributed by atoms with Gasteiger partial charge in [0.1, 0.15) is 5.75 Å². The zero-order valence-corrected chi connectivity index (χ0v) is 17.8.